The zero-order valence-corrected chi connectivity index (χ0v) is 15.0. The van der Waals surface area contributed by atoms with Crippen molar-refractivity contribution >= 4 is 15.9 Å². The van der Waals surface area contributed by atoms with Gasteiger partial charge < -0.3 is 14.6 Å². The summed E-state index contributed by atoms with van der Waals surface area (Å²) in [4.78, 5) is 15.5. The smallest absolute Gasteiger partial charge is 0.260 e. The first-order chi connectivity index (χ1) is 11.9. The summed E-state index contributed by atoms with van der Waals surface area (Å²) in [5.41, 5.74) is 0. The van der Waals surface area contributed by atoms with Crippen LogP contribution in [0.5, 0.6) is 5.75 Å². The lowest BCUT2D eigenvalue weighted by Crippen LogP contribution is -2.33. The Morgan fingerprint density at radius 1 is 1.32 bits per heavy atom. The number of amides is 1. The largest absolute Gasteiger partial charge is 0.481 e. The minimum atomic E-state index is -3.58. The number of sulfonamides is 1. The molecule has 25 heavy (non-hydrogen) atoms. The molecule has 0 radical (unpaired) electrons. The number of aryl methyl sites for hydroxylation is 1. The summed E-state index contributed by atoms with van der Waals surface area (Å²) >= 11 is 0. The maximum Gasteiger partial charge on any atom is 0.260 e. The maximum atomic E-state index is 12.2. The quantitative estimate of drug-likeness (QED) is 0.638. The fraction of sp³-hybridized carbons (Fsp3) is 0.375. The topological polar surface area (TPSA) is 102 Å². The van der Waals surface area contributed by atoms with Gasteiger partial charge in [0.15, 0.2) is 6.10 Å². The van der Waals surface area contributed by atoms with E-state index in [2.05, 4.69) is 15.0 Å². The highest BCUT2D eigenvalue weighted by Gasteiger charge is 2.15. The Morgan fingerprint density at radius 3 is 2.64 bits per heavy atom. The van der Waals surface area contributed by atoms with Gasteiger partial charge in [0.2, 0.25) is 10.0 Å². The van der Waals surface area contributed by atoms with E-state index >= 15 is 0 Å². The van der Waals surface area contributed by atoms with Crippen LogP contribution in [0.4, 0.5) is 0 Å². The molecule has 0 fully saturated rings. The number of imidazole rings is 1. The number of carbonyl (C=O) groups is 1. The third kappa shape index (κ3) is 5.57. The van der Waals surface area contributed by atoms with Crippen molar-refractivity contribution < 1.29 is 17.9 Å². The second-order valence-corrected chi connectivity index (χ2v) is 7.16. The molecule has 0 aliphatic heterocycles. The third-order valence-corrected chi connectivity index (χ3v) is 4.98. The van der Waals surface area contributed by atoms with Gasteiger partial charge in [-0.15, -0.1) is 0 Å². The molecule has 0 saturated carbocycles. The predicted molar refractivity (Wildman–Crippen MR) is 92.6 cm³/mol. The van der Waals surface area contributed by atoms with Gasteiger partial charge in [-0.2, -0.15) is 0 Å². The highest BCUT2D eigenvalue weighted by atomic mass is 32.2. The maximum absolute atomic E-state index is 12.2. The van der Waals surface area contributed by atoms with E-state index in [1.165, 1.54) is 31.3 Å². The van der Waals surface area contributed by atoms with Crippen LogP contribution in [0.15, 0.2) is 47.9 Å². The minimum absolute atomic E-state index is 0.148. The number of rotatable bonds is 9. The monoisotopic (exact) mass is 366 g/mol. The standard InChI is InChI=1S/C16H22N4O4S/c1-13(16(21)17-2)24-14-4-6-15(7-5-14)25(22,23)19-8-3-10-20-11-9-18-12-20/h4-7,9,11-13,19H,3,8,10H2,1-2H3,(H,17,21)/t13-/m0/s1. The van der Waals surface area contributed by atoms with Crippen LogP contribution in [-0.2, 0) is 21.4 Å². The number of nitrogens with one attached hydrogen (secondary N) is 2. The van der Waals surface area contributed by atoms with Gasteiger partial charge in [0.1, 0.15) is 5.75 Å². The fourth-order valence-corrected chi connectivity index (χ4v) is 3.20. The number of likely N-dealkylation sites (N-methyl/N-ethyl adjacent to an activating group) is 1. The van der Waals surface area contributed by atoms with Gasteiger partial charge >= 0.3 is 0 Å². The first kappa shape index (κ1) is 18.9. The Morgan fingerprint density at radius 2 is 2.04 bits per heavy atom. The molecule has 0 bridgehead atoms. The molecular weight excluding hydrogens is 344 g/mol. The van der Waals surface area contributed by atoms with Gasteiger partial charge in [0, 0.05) is 32.5 Å². The van der Waals surface area contributed by atoms with E-state index < -0.39 is 16.1 Å². The fourth-order valence-electron chi connectivity index (χ4n) is 2.13. The number of hydrogen-bond acceptors (Lipinski definition) is 5. The first-order valence-electron chi connectivity index (χ1n) is 7.86. The lowest BCUT2D eigenvalue weighted by Gasteiger charge is -2.13. The minimum Gasteiger partial charge on any atom is -0.481 e. The van der Waals surface area contributed by atoms with Gasteiger partial charge in [-0.25, -0.2) is 18.1 Å². The van der Waals surface area contributed by atoms with E-state index in [4.69, 9.17) is 4.74 Å². The molecule has 0 aliphatic carbocycles. The zero-order chi connectivity index (χ0) is 18.3. The molecule has 136 valence electrons. The van der Waals surface area contributed by atoms with Crippen LogP contribution >= 0.6 is 0 Å². The average Bonchev–Trinajstić information content (AvgIpc) is 3.12. The second kappa shape index (κ2) is 8.63. The Labute approximate surface area is 147 Å². The summed E-state index contributed by atoms with van der Waals surface area (Å²) < 4.78 is 34.4. The molecule has 1 amide bonds. The molecule has 0 saturated heterocycles. The molecule has 0 unspecified atom stereocenters. The van der Waals surface area contributed by atoms with Crippen molar-refractivity contribution in [2.75, 3.05) is 13.6 Å². The van der Waals surface area contributed by atoms with Crippen LogP contribution in [0.3, 0.4) is 0 Å². The van der Waals surface area contributed by atoms with Crippen LogP contribution in [0, 0.1) is 0 Å². The molecule has 9 heteroatoms. The lowest BCUT2D eigenvalue weighted by atomic mass is 10.3. The Kier molecular flexibility index (Phi) is 6.54. The van der Waals surface area contributed by atoms with E-state index in [9.17, 15) is 13.2 Å². The van der Waals surface area contributed by atoms with Crippen LogP contribution < -0.4 is 14.8 Å². The SMILES string of the molecule is CNC(=O)[C@H](C)Oc1ccc(S(=O)(=O)NCCCn2ccnc2)cc1. The summed E-state index contributed by atoms with van der Waals surface area (Å²) in [6.45, 7) is 2.63. The van der Waals surface area contributed by atoms with Gasteiger partial charge in [-0.1, -0.05) is 0 Å². The van der Waals surface area contributed by atoms with E-state index in [-0.39, 0.29) is 10.8 Å². The van der Waals surface area contributed by atoms with Crippen molar-refractivity contribution in [1.29, 1.82) is 0 Å². The molecular formula is C16H22N4O4S. The molecule has 2 N–H and O–H groups in total. The third-order valence-electron chi connectivity index (χ3n) is 3.51. The van der Waals surface area contributed by atoms with Gasteiger partial charge in [-0.05, 0) is 37.6 Å². The van der Waals surface area contributed by atoms with Crippen molar-refractivity contribution in [3.05, 3.63) is 43.0 Å². The molecule has 1 heterocycles. The molecule has 0 spiro atoms. The van der Waals surface area contributed by atoms with E-state index in [1.54, 1.807) is 19.4 Å². The van der Waals surface area contributed by atoms with Gasteiger partial charge in [-0.3, -0.25) is 4.79 Å². The molecule has 2 rings (SSSR count). The van der Waals surface area contributed by atoms with Gasteiger partial charge in [0.05, 0.1) is 11.2 Å². The average molecular weight is 366 g/mol. The summed E-state index contributed by atoms with van der Waals surface area (Å²) in [5.74, 6) is 0.173. The number of benzene rings is 1. The summed E-state index contributed by atoms with van der Waals surface area (Å²) in [6, 6.07) is 5.95. The normalized spacial score (nSPS) is 12.6. The van der Waals surface area contributed by atoms with Crippen molar-refractivity contribution in [1.82, 2.24) is 19.6 Å². The molecule has 8 nitrogen and oxygen atoms in total. The number of carbonyl (C=O) groups excluding carboxylic acids is 1. The predicted octanol–water partition coefficient (Wildman–Crippen LogP) is 0.765. The van der Waals surface area contributed by atoms with Gasteiger partial charge in [0.25, 0.3) is 5.91 Å². The Hall–Kier alpha value is -2.39. The zero-order valence-electron chi connectivity index (χ0n) is 14.2. The van der Waals surface area contributed by atoms with E-state index in [0.717, 1.165) is 0 Å². The number of ether oxygens (including phenoxy) is 1. The number of hydrogen-bond donors (Lipinski definition) is 2. The van der Waals surface area contributed by atoms with Crippen molar-refractivity contribution in [3.8, 4) is 5.75 Å². The first-order valence-corrected chi connectivity index (χ1v) is 9.34. The van der Waals surface area contributed by atoms with Crippen molar-refractivity contribution in [3.63, 3.8) is 0 Å². The summed E-state index contributed by atoms with van der Waals surface area (Å²) in [5, 5.41) is 2.48. The highest BCUT2D eigenvalue weighted by molar-refractivity contribution is 7.89. The number of nitrogens with zero attached hydrogens (tertiary/aromatic N) is 2. The van der Waals surface area contributed by atoms with Crippen LogP contribution in [-0.4, -0.2) is 43.6 Å². The molecule has 1 aromatic heterocycles. The lowest BCUT2D eigenvalue weighted by molar-refractivity contribution is -0.126. The highest BCUT2D eigenvalue weighted by Crippen LogP contribution is 2.17. The van der Waals surface area contributed by atoms with Crippen LogP contribution in [0.25, 0.3) is 0 Å². The number of aromatic nitrogens is 2. The summed E-state index contributed by atoms with van der Waals surface area (Å²) in [6.07, 6.45) is 5.19. The Balaban J connectivity index is 1.87. The molecule has 1 atom stereocenters. The van der Waals surface area contributed by atoms with E-state index in [0.29, 0.717) is 25.3 Å². The van der Waals surface area contributed by atoms with Crippen LogP contribution in [0.1, 0.15) is 13.3 Å². The second-order valence-electron chi connectivity index (χ2n) is 5.40. The van der Waals surface area contributed by atoms with E-state index in [1.807, 2.05) is 10.8 Å². The van der Waals surface area contributed by atoms with Crippen molar-refractivity contribution in [2.45, 2.75) is 30.9 Å². The van der Waals surface area contributed by atoms with Crippen molar-refractivity contribution in [2.24, 2.45) is 0 Å². The summed E-state index contributed by atoms with van der Waals surface area (Å²) in [7, 11) is -2.05. The Bertz CT molecular complexity index is 773. The van der Waals surface area contributed by atoms with Crippen LogP contribution in [0.2, 0.25) is 0 Å². The molecule has 0 aliphatic rings. The molecule has 1 aromatic carbocycles. The molecule has 2 aromatic rings.